The normalized spacial score (nSPS) is 12.2. The highest BCUT2D eigenvalue weighted by Gasteiger charge is 2.36. The molecule has 2 heterocycles. The number of halogens is 3. The highest BCUT2D eigenvalue weighted by atomic mass is 32.1. The monoisotopic (exact) mass is 250 g/mol. The number of alkyl halides is 3. The van der Waals surface area contributed by atoms with Crippen molar-refractivity contribution in [2.75, 3.05) is 0 Å². The number of nitrogens with zero attached hydrogens (tertiary/aromatic N) is 2. The fraction of sp³-hybridized carbons (Fsp3) is 0.250. The SMILES string of the molecule is O=C(O)Cc1cn2c(C(F)(F)F)ncc2s1. The van der Waals surface area contributed by atoms with Crippen LogP contribution in [0.2, 0.25) is 0 Å². The smallest absolute Gasteiger partial charge is 0.450 e. The van der Waals surface area contributed by atoms with Gasteiger partial charge >= 0.3 is 12.1 Å². The molecule has 0 spiro atoms. The third-order valence-corrected chi connectivity index (χ3v) is 2.87. The maximum atomic E-state index is 12.4. The topological polar surface area (TPSA) is 54.6 Å². The molecule has 0 saturated heterocycles. The summed E-state index contributed by atoms with van der Waals surface area (Å²) in [6.07, 6.45) is -2.58. The Labute approximate surface area is 91.0 Å². The molecule has 8 heteroatoms. The summed E-state index contributed by atoms with van der Waals surface area (Å²) in [5.74, 6) is -2.11. The number of hydrogen-bond donors (Lipinski definition) is 1. The Morgan fingerprint density at radius 3 is 2.81 bits per heavy atom. The van der Waals surface area contributed by atoms with E-state index in [1.54, 1.807) is 0 Å². The van der Waals surface area contributed by atoms with Crippen molar-refractivity contribution in [1.82, 2.24) is 9.38 Å². The zero-order valence-corrected chi connectivity index (χ0v) is 8.47. The molecular weight excluding hydrogens is 245 g/mol. The fourth-order valence-electron chi connectivity index (χ4n) is 1.29. The van der Waals surface area contributed by atoms with Gasteiger partial charge in [0.25, 0.3) is 0 Å². The van der Waals surface area contributed by atoms with E-state index in [9.17, 15) is 18.0 Å². The van der Waals surface area contributed by atoms with Gasteiger partial charge in [-0.25, -0.2) is 4.98 Å². The molecule has 2 aromatic rings. The number of rotatable bonds is 2. The van der Waals surface area contributed by atoms with E-state index in [2.05, 4.69) is 4.98 Å². The quantitative estimate of drug-likeness (QED) is 0.887. The molecule has 86 valence electrons. The summed E-state index contributed by atoms with van der Waals surface area (Å²) in [7, 11) is 0. The summed E-state index contributed by atoms with van der Waals surface area (Å²) in [6, 6.07) is 0. The molecule has 0 atom stereocenters. The first-order valence-electron chi connectivity index (χ1n) is 4.12. The molecule has 0 aliphatic rings. The molecule has 2 aromatic heterocycles. The predicted molar refractivity (Wildman–Crippen MR) is 49.4 cm³/mol. The van der Waals surface area contributed by atoms with E-state index in [-0.39, 0.29) is 11.3 Å². The molecule has 0 unspecified atom stereocenters. The molecule has 16 heavy (non-hydrogen) atoms. The number of fused-ring (bicyclic) bond motifs is 1. The van der Waals surface area contributed by atoms with Crippen molar-refractivity contribution >= 4 is 22.1 Å². The number of aliphatic carboxylic acids is 1. The average Bonchev–Trinajstić information content (AvgIpc) is 2.57. The molecule has 0 amide bonds. The van der Waals surface area contributed by atoms with Crippen molar-refractivity contribution in [3.63, 3.8) is 0 Å². The minimum atomic E-state index is -4.53. The first-order chi connectivity index (χ1) is 7.38. The highest BCUT2D eigenvalue weighted by molar-refractivity contribution is 7.17. The molecule has 0 aliphatic carbocycles. The third kappa shape index (κ3) is 1.87. The predicted octanol–water partition coefficient (Wildman–Crippen LogP) is 2.04. The summed E-state index contributed by atoms with van der Waals surface area (Å²) in [5, 5.41) is 8.52. The van der Waals surface area contributed by atoms with Crippen molar-refractivity contribution in [2.24, 2.45) is 0 Å². The van der Waals surface area contributed by atoms with Crippen LogP contribution < -0.4 is 0 Å². The van der Waals surface area contributed by atoms with Crippen molar-refractivity contribution in [3.8, 4) is 0 Å². The lowest BCUT2D eigenvalue weighted by molar-refractivity contribution is -0.145. The number of thiazole rings is 1. The van der Waals surface area contributed by atoms with Crippen molar-refractivity contribution in [2.45, 2.75) is 12.6 Å². The van der Waals surface area contributed by atoms with Gasteiger partial charge in [0.05, 0.1) is 12.6 Å². The van der Waals surface area contributed by atoms with Gasteiger partial charge in [0.1, 0.15) is 4.83 Å². The van der Waals surface area contributed by atoms with Crippen LogP contribution in [0.25, 0.3) is 4.83 Å². The lowest BCUT2D eigenvalue weighted by Crippen LogP contribution is -2.10. The molecular formula is C8H5F3N2O2S. The van der Waals surface area contributed by atoms with Gasteiger partial charge in [0.2, 0.25) is 5.82 Å². The summed E-state index contributed by atoms with van der Waals surface area (Å²) >= 11 is 0.982. The van der Waals surface area contributed by atoms with E-state index >= 15 is 0 Å². The molecule has 0 saturated carbocycles. The van der Waals surface area contributed by atoms with Gasteiger partial charge in [-0.15, -0.1) is 11.3 Å². The van der Waals surface area contributed by atoms with E-state index in [4.69, 9.17) is 5.11 Å². The van der Waals surface area contributed by atoms with Crippen LogP contribution in [0.1, 0.15) is 10.7 Å². The molecule has 0 aromatic carbocycles. The highest BCUT2D eigenvalue weighted by Crippen LogP contribution is 2.31. The van der Waals surface area contributed by atoms with Gasteiger partial charge in [-0.2, -0.15) is 13.2 Å². The van der Waals surface area contributed by atoms with E-state index in [1.807, 2.05) is 0 Å². The molecule has 4 nitrogen and oxygen atoms in total. The van der Waals surface area contributed by atoms with E-state index < -0.39 is 18.0 Å². The van der Waals surface area contributed by atoms with Gasteiger partial charge in [-0.1, -0.05) is 0 Å². The van der Waals surface area contributed by atoms with Crippen LogP contribution in [0.15, 0.2) is 12.4 Å². The first-order valence-corrected chi connectivity index (χ1v) is 4.94. The molecule has 2 rings (SSSR count). The van der Waals surface area contributed by atoms with Crippen LogP contribution in [-0.4, -0.2) is 20.5 Å². The lowest BCUT2D eigenvalue weighted by Gasteiger charge is -2.02. The Morgan fingerprint density at radius 1 is 1.56 bits per heavy atom. The largest absolute Gasteiger partial charge is 0.481 e. The van der Waals surface area contributed by atoms with Gasteiger partial charge in [0.15, 0.2) is 0 Å². The summed E-state index contributed by atoms with van der Waals surface area (Å²) in [5.41, 5.74) is 0. The Kier molecular flexibility index (Phi) is 2.38. The Bertz CT molecular complexity index is 543. The van der Waals surface area contributed by atoms with Crippen LogP contribution >= 0.6 is 11.3 Å². The number of imidazole rings is 1. The average molecular weight is 250 g/mol. The van der Waals surface area contributed by atoms with Crippen molar-refractivity contribution in [3.05, 3.63) is 23.1 Å². The fourth-order valence-corrected chi connectivity index (χ4v) is 2.26. The van der Waals surface area contributed by atoms with Crippen LogP contribution in [0.4, 0.5) is 13.2 Å². The number of hydrogen-bond acceptors (Lipinski definition) is 3. The van der Waals surface area contributed by atoms with Crippen molar-refractivity contribution < 1.29 is 23.1 Å². The summed E-state index contributed by atoms with van der Waals surface area (Å²) in [6.45, 7) is 0. The van der Waals surface area contributed by atoms with E-state index in [0.717, 1.165) is 28.1 Å². The molecule has 0 radical (unpaired) electrons. The van der Waals surface area contributed by atoms with Crippen molar-refractivity contribution in [1.29, 1.82) is 0 Å². The Hall–Kier alpha value is -1.57. The second-order valence-corrected chi connectivity index (χ2v) is 4.20. The van der Waals surface area contributed by atoms with Crippen LogP contribution in [0.5, 0.6) is 0 Å². The zero-order valence-electron chi connectivity index (χ0n) is 7.65. The second kappa shape index (κ2) is 3.48. The van der Waals surface area contributed by atoms with Crippen LogP contribution in [-0.2, 0) is 17.4 Å². The Balaban J connectivity index is 2.47. The lowest BCUT2D eigenvalue weighted by atomic mass is 10.4. The first kappa shape index (κ1) is 10.9. The van der Waals surface area contributed by atoms with Crippen LogP contribution in [0, 0.1) is 0 Å². The molecule has 0 fully saturated rings. The number of carboxylic acids is 1. The molecule has 1 N–H and O–H groups in total. The van der Waals surface area contributed by atoms with Gasteiger partial charge in [-0.3, -0.25) is 9.20 Å². The minimum Gasteiger partial charge on any atom is -0.481 e. The van der Waals surface area contributed by atoms with E-state index in [1.165, 1.54) is 0 Å². The summed E-state index contributed by atoms with van der Waals surface area (Å²) < 4.78 is 38.1. The summed E-state index contributed by atoms with van der Waals surface area (Å²) in [4.78, 5) is 14.3. The third-order valence-electron chi connectivity index (χ3n) is 1.85. The Morgan fingerprint density at radius 2 is 2.25 bits per heavy atom. The zero-order chi connectivity index (χ0) is 11.9. The minimum absolute atomic E-state index is 0.281. The van der Waals surface area contributed by atoms with E-state index in [0.29, 0.717) is 4.88 Å². The number of carbonyl (C=O) groups is 1. The standard InChI is InChI=1S/C8H5F3N2O2S/c9-8(10,11)7-12-2-5-13(7)3-4(16-5)1-6(14)15/h2-3H,1H2,(H,14,15). The maximum absolute atomic E-state index is 12.4. The number of carboxylic acid groups (broad SMARTS) is 1. The second-order valence-electron chi connectivity index (χ2n) is 3.06. The number of aromatic nitrogens is 2. The van der Waals surface area contributed by atoms with Gasteiger partial charge in [-0.05, 0) is 0 Å². The maximum Gasteiger partial charge on any atom is 0.450 e. The van der Waals surface area contributed by atoms with Crippen LogP contribution in [0.3, 0.4) is 0 Å². The molecule has 0 aliphatic heterocycles. The van der Waals surface area contributed by atoms with Gasteiger partial charge in [0, 0.05) is 11.1 Å². The molecule has 0 bridgehead atoms. The van der Waals surface area contributed by atoms with Gasteiger partial charge < -0.3 is 5.11 Å².